The third-order valence-electron chi connectivity index (χ3n) is 3.32. The zero-order valence-corrected chi connectivity index (χ0v) is 13.6. The molecule has 2 aromatic rings. The molecule has 5 heteroatoms. The fraction of sp³-hybridized carbons (Fsp3) is 0.278. The first-order valence-electron chi connectivity index (χ1n) is 7.67. The monoisotopic (exact) mass is 311 g/mol. The Bertz CT molecular complexity index is 711. The van der Waals surface area contributed by atoms with Gasteiger partial charge in [0.15, 0.2) is 0 Å². The minimum absolute atomic E-state index is 0.0122. The number of hydrogen-bond acceptors (Lipinski definition) is 3. The van der Waals surface area contributed by atoms with Crippen molar-refractivity contribution in [2.24, 2.45) is 0 Å². The number of pyridine rings is 1. The van der Waals surface area contributed by atoms with E-state index in [4.69, 9.17) is 0 Å². The number of benzene rings is 1. The summed E-state index contributed by atoms with van der Waals surface area (Å²) in [6, 6.07) is 10.8. The molecular formula is C18H21N3O2. The summed E-state index contributed by atoms with van der Waals surface area (Å²) in [5.41, 5.74) is 2.48. The van der Waals surface area contributed by atoms with Gasteiger partial charge in [-0.1, -0.05) is 25.1 Å². The molecule has 1 aromatic carbocycles. The highest BCUT2D eigenvalue weighted by Gasteiger charge is 2.13. The molecule has 0 aliphatic rings. The predicted molar refractivity (Wildman–Crippen MR) is 90.6 cm³/mol. The lowest BCUT2D eigenvalue weighted by Crippen LogP contribution is -2.31. The molecule has 0 fully saturated rings. The van der Waals surface area contributed by atoms with Crippen LogP contribution in [0.4, 0.5) is 5.69 Å². The molecule has 5 nitrogen and oxygen atoms in total. The average molecular weight is 311 g/mol. The Labute approximate surface area is 136 Å². The number of nitrogens with one attached hydrogen (secondary N) is 2. The number of amides is 2. The molecule has 1 aromatic heterocycles. The van der Waals surface area contributed by atoms with Gasteiger partial charge in [-0.3, -0.25) is 14.6 Å². The lowest BCUT2D eigenvalue weighted by molar-refractivity contribution is 0.0938. The van der Waals surface area contributed by atoms with Gasteiger partial charge in [-0.15, -0.1) is 0 Å². The van der Waals surface area contributed by atoms with Gasteiger partial charge in [0, 0.05) is 23.5 Å². The van der Waals surface area contributed by atoms with Gasteiger partial charge in [-0.05, 0) is 44.0 Å². The van der Waals surface area contributed by atoms with E-state index in [2.05, 4.69) is 15.6 Å². The second kappa shape index (κ2) is 7.54. The maximum absolute atomic E-state index is 12.4. The van der Waals surface area contributed by atoms with Crippen LogP contribution in [0.1, 0.15) is 47.2 Å². The van der Waals surface area contributed by atoms with E-state index in [1.165, 1.54) is 12.3 Å². The maximum Gasteiger partial charge on any atom is 0.270 e. The van der Waals surface area contributed by atoms with E-state index in [9.17, 15) is 9.59 Å². The molecule has 2 N–H and O–H groups in total. The molecule has 0 radical (unpaired) electrons. The Morgan fingerprint density at radius 1 is 1.13 bits per heavy atom. The van der Waals surface area contributed by atoms with E-state index in [0.717, 1.165) is 17.7 Å². The van der Waals surface area contributed by atoms with Crippen molar-refractivity contribution < 1.29 is 9.59 Å². The largest absolute Gasteiger partial charge is 0.349 e. The van der Waals surface area contributed by atoms with Gasteiger partial charge in [0.1, 0.15) is 5.69 Å². The normalized spacial score (nSPS) is 10.4. The lowest BCUT2D eigenvalue weighted by Gasteiger charge is -2.11. The molecular weight excluding hydrogens is 290 g/mol. The molecule has 2 amide bonds. The topological polar surface area (TPSA) is 71.1 Å². The van der Waals surface area contributed by atoms with Crippen LogP contribution in [0.3, 0.4) is 0 Å². The lowest BCUT2D eigenvalue weighted by atomic mass is 10.1. The summed E-state index contributed by atoms with van der Waals surface area (Å²) in [7, 11) is 0. The Morgan fingerprint density at radius 2 is 1.87 bits per heavy atom. The van der Waals surface area contributed by atoms with E-state index in [1.807, 2.05) is 45.0 Å². The van der Waals surface area contributed by atoms with E-state index >= 15 is 0 Å². The van der Waals surface area contributed by atoms with Gasteiger partial charge >= 0.3 is 0 Å². The van der Waals surface area contributed by atoms with Crippen molar-refractivity contribution in [3.05, 3.63) is 59.4 Å². The van der Waals surface area contributed by atoms with Crippen molar-refractivity contribution in [2.45, 2.75) is 33.2 Å². The summed E-state index contributed by atoms with van der Waals surface area (Å²) in [6.45, 7) is 5.78. The number of rotatable bonds is 5. The number of hydrogen-bond donors (Lipinski definition) is 2. The summed E-state index contributed by atoms with van der Waals surface area (Å²) in [5.74, 6) is -0.546. The number of aryl methyl sites for hydroxylation is 1. The Kier molecular flexibility index (Phi) is 5.46. The van der Waals surface area contributed by atoms with Crippen LogP contribution in [0.5, 0.6) is 0 Å². The summed E-state index contributed by atoms with van der Waals surface area (Å²) in [6.07, 6.45) is 2.30. The number of carbonyl (C=O) groups is 2. The first-order chi connectivity index (χ1) is 11.0. The molecule has 120 valence electrons. The number of aromatic nitrogens is 1. The first-order valence-corrected chi connectivity index (χ1v) is 7.67. The minimum Gasteiger partial charge on any atom is -0.349 e. The van der Waals surface area contributed by atoms with E-state index in [1.54, 1.807) is 6.07 Å². The zero-order valence-electron chi connectivity index (χ0n) is 13.6. The molecule has 0 bridgehead atoms. The molecule has 1 heterocycles. The number of anilines is 1. The summed E-state index contributed by atoms with van der Waals surface area (Å²) in [5, 5.41) is 5.65. The molecule has 0 aliphatic heterocycles. The van der Waals surface area contributed by atoms with Crippen LogP contribution in [0.25, 0.3) is 0 Å². The molecule has 0 atom stereocenters. The smallest absolute Gasteiger partial charge is 0.270 e. The van der Waals surface area contributed by atoms with Gasteiger partial charge in [-0.25, -0.2) is 0 Å². The minimum atomic E-state index is -0.288. The molecule has 0 spiro atoms. The van der Waals surface area contributed by atoms with Crippen molar-refractivity contribution in [1.82, 2.24) is 10.3 Å². The standard InChI is InChI=1S/C18H21N3O2/c1-4-13-7-5-6-8-15(13)21-17(22)14-9-10-19-16(11-14)18(23)20-12(2)3/h5-12H,4H2,1-3H3,(H,20,23)(H,21,22). The van der Waals surface area contributed by atoms with Crippen molar-refractivity contribution in [3.63, 3.8) is 0 Å². The van der Waals surface area contributed by atoms with Crippen LogP contribution in [0.15, 0.2) is 42.6 Å². The Morgan fingerprint density at radius 3 is 2.57 bits per heavy atom. The average Bonchev–Trinajstić information content (AvgIpc) is 2.55. The fourth-order valence-electron chi connectivity index (χ4n) is 2.18. The summed E-state index contributed by atoms with van der Waals surface area (Å²) in [4.78, 5) is 28.4. The second-order valence-corrected chi connectivity index (χ2v) is 5.52. The highest BCUT2D eigenvalue weighted by atomic mass is 16.2. The molecule has 0 aliphatic carbocycles. The summed E-state index contributed by atoms with van der Waals surface area (Å²) < 4.78 is 0. The Balaban J connectivity index is 2.18. The zero-order chi connectivity index (χ0) is 16.8. The molecule has 0 saturated heterocycles. The van der Waals surface area contributed by atoms with E-state index < -0.39 is 0 Å². The third-order valence-corrected chi connectivity index (χ3v) is 3.32. The Hall–Kier alpha value is -2.69. The van der Waals surface area contributed by atoms with Crippen molar-refractivity contribution in [3.8, 4) is 0 Å². The van der Waals surface area contributed by atoms with E-state index in [-0.39, 0.29) is 23.6 Å². The van der Waals surface area contributed by atoms with E-state index in [0.29, 0.717) is 5.56 Å². The third kappa shape index (κ3) is 4.39. The van der Waals surface area contributed by atoms with Crippen molar-refractivity contribution in [2.75, 3.05) is 5.32 Å². The second-order valence-electron chi connectivity index (χ2n) is 5.52. The van der Waals surface area contributed by atoms with Gasteiger partial charge in [0.25, 0.3) is 11.8 Å². The van der Waals surface area contributed by atoms with Gasteiger partial charge < -0.3 is 10.6 Å². The van der Waals surface area contributed by atoms with Crippen LogP contribution in [0, 0.1) is 0 Å². The van der Waals surface area contributed by atoms with Crippen molar-refractivity contribution >= 4 is 17.5 Å². The van der Waals surface area contributed by atoms with Crippen LogP contribution in [-0.2, 0) is 6.42 Å². The number of para-hydroxylation sites is 1. The summed E-state index contributed by atoms with van der Waals surface area (Å²) >= 11 is 0. The van der Waals surface area contributed by atoms with Crippen molar-refractivity contribution in [1.29, 1.82) is 0 Å². The number of carbonyl (C=O) groups excluding carboxylic acids is 2. The molecule has 0 unspecified atom stereocenters. The van der Waals surface area contributed by atoms with Gasteiger partial charge in [0.2, 0.25) is 0 Å². The van der Waals surface area contributed by atoms with Crippen LogP contribution >= 0.6 is 0 Å². The quantitative estimate of drug-likeness (QED) is 0.891. The highest BCUT2D eigenvalue weighted by Crippen LogP contribution is 2.16. The van der Waals surface area contributed by atoms with Gasteiger partial charge in [-0.2, -0.15) is 0 Å². The SMILES string of the molecule is CCc1ccccc1NC(=O)c1ccnc(C(=O)NC(C)C)c1. The van der Waals surface area contributed by atoms with Crippen LogP contribution in [-0.4, -0.2) is 22.8 Å². The fourth-order valence-corrected chi connectivity index (χ4v) is 2.18. The highest BCUT2D eigenvalue weighted by molar-refractivity contribution is 6.06. The molecule has 0 saturated carbocycles. The molecule has 23 heavy (non-hydrogen) atoms. The van der Waals surface area contributed by atoms with Crippen LogP contribution < -0.4 is 10.6 Å². The number of nitrogens with zero attached hydrogens (tertiary/aromatic N) is 1. The predicted octanol–water partition coefficient (Wildman–Crippen LogP) is 3.03. The van der Waals surface area contributed by atoms with Gasteiger partial charge in [0.05, 0.1) is 0 Å². The molecule has 2 rings (SSSR count). The maximum atomic E-state index is 12.4. The van der Waals surface area contributed by atoms with Crippen LogP contribution in [0.2, 0.25) is 0 Å². The first kappa shape index (κ1) is 16.7.